The highest BCUT2D eigenvalue weighted by Crippen LogP contribution is 2.18. The van der Waals surface area contributed by atoms with Crippen LogP contribution in [0, 0.1) is 0 Å². The largest absolute Gasteiger partial charge is 0.380 e. The van der Waals surface area contributed by atoms with Gasteiger partial charge in [-0.15, -0.1) is 0 Å². The molecule has 2 aliphatic rings. The lowest BCUT2D eigenvalue weighted by atomic mass is 10.1. The van der Waals surface area contributed by atoms with Gasteiger partial charge in [0.25, 0.3) is 0 Å². The van der Waals surface area contributed by atoms with E-state index in [1.165, 1.54) is 19.0 Å². The summed E-state index contributed by atoms with van der Waals surface area (Å²) < 4.78 is 34.2. The number of hydrogen-bond acceptors (Lipinski definition) is 5. The molecule has 0 bridgehead atoms. The molecule has 7 nitrogen and oxygen atoms in total. The third-order valence-electron chi connectivity index (χ3n) is 3.75. The van der Waals surface area contributed by atoms with Crippen molar-refractivity contribution in [2.24, 2.45) is 0 Å². The number of sulfonamides is 1. The van der Waals surface area contributed by atoms with E-state index in [1.54, 1.807) is 10.9 Å². The predicted molar refractivity (Wildman–Crippen MR) is 77.4 cm³/mol. The molecule has 0 aromatic carbocycles. The third-order valence-corrected chi connectivity index (χ3v) is 5.23. The maximum absolute atomic E-state index is 12.3. The van der Waals surface area contributed by atoms with Crippen LogP contribution in [0.2, 0.25) is 0 Å². The zero-order chi connectivity index (χ0) is 14.7. The summed E-state index contributed by atoms with van der Waals surface area (Å²) in [7, 11) is -3.50. The zero-order valence-electron chi connectivity index (χ0n) is 12.0. The van der Waals surface area contributed by atoms with Crippen LogP contribution < -0.4 is 10.0 Å². The summed E-state index contributed by atoms with van der Waals surface area (Å²) >= 11 is 0. The van der Waals surface area contributed by atoms with Crippen LogP contribution in [0.5, 0.6) is 0 Å². The topological polar surface area (TPSA) is 85.2 Å². The van der Waals surface area contributed by atoms with Crippen molar-refractivity contribution in [3.8, 4) is 0 Å². The Balaban J connectivity index is 1.55. The fourth-order valence-electron chi connectivity index (χ4n) is 2.40. The third kappa shape index (κ3) is 4.26. The van der Waals surface area contributed by atoms with Crippen LogP contribution in [0.25, 0.3) is 0 Å². The maximum atomic E-state index is 12.3. The van der Waals surface area contributed by atoms with Gasteiger partial charge in [-0.25, -0.2) is 13.1 Å². The van der Waals surface area contributed by atoms with E-state index in [4.69, 9.17) is 4.74 Å². The van der Waals surface area contributed by atoms with E-state index in [0.717, 1.165) is 19.4 Å². The first-order valence-corrected chi connectivity index (χ1v) is 8.98. The van der Waals surface area contributed by atoms with Crippen LogP contribution in [0.15, 0.2) is 17.3 Å². The fourth-order valence-corrected chi connectivity index (χ4v) is 3.60. The first-order valence-electron chi connectivity index (χ1n) is 7.49. The van der Waals surface area contributed by atoms with Gasteiger partial charge in [-0.05, 0) is 25.7 Å². The summed E-state index contributed by atoms with van der Waals surface area (Å²) in [6.45, 7) is 2.65. The predicted octanol–water partition coefficient (Wildman–Crippen LogP) is 0.0924. The molecule has 2 N–H and O–H groups in total. The quantitative estimate of drug-likeness (QED) is 0.745. The summed E-state index contributed by atoms with van der Waals surface area (Å²) in [6, 6.07) is 0.514. The molecular weight excluding hydrogens is 292 g/mol. The Labute approximate surface area is 125 Å². The normalized spacial score (nSPS) is 23.3. The fraction of sp³-hybridized carbons (Fsp3) is 0.769. The van der Waals surface area contributed by atoms with E-state index in [1.807, 2.05) is 0 Å². The molecule has 1 aliphatic carbocycles. The van der Waals surface area contributed by atoms with E-state index < -0.39 is 10.0 Å². The number of nitrogens with zero attached hydrogens (tertiary/aromatic N) is 2. The van der Waals surface area contributed by atoms with Crippen molar-refractivity contribution in [1.82, 2.24) is 19.8 Å². The molecule has 0 radical (unpaired) electrons. The van der Waals surface area contributed by atoms with Gasteiger partial charge in [0.05, 0.1) is 19.3 Å². The molecule has 0 amide bonds. The van der Waals surface area contributed by atoms with E-state index in [9.17, 15) is 8.42 Å². The second-order valence-electron chi connectivity index (χ2n) is 5.70. The second kappa shape index (κ2) is 6.43. The van der Waals surface area contributed by atoms with E-state index in [0.29, 0.717) is 25.8 Å². The van der Waals surface area contributed by atoms with E-state index in [-0.39, 0.29) is 10.9 Å². The SMILES string of the molecule is O=S(=O)(NC1CCCOC1)c1cnn(CCNC2CC2)c1. The monoisotopic (exact) mass is 314 g/mol. The number of rotatable bonds is 7. The standard InChI is InChI=1S/C13H22N4O3S/c18-21(19,16-12-2-1-7-20-10-12)13-8-15-17(9-13)6-5-14-11-3-4-11/h8-9,11-12,14,16H,1-7,10H2. The number of aromatic nitrogens is 2. The van der Waals surface area contributed by atoms with Crippen molar-refractivity contribution >= 4 is 10.0 Å². The Morgan fingerprint density at radius 2 is 2.19 bits per heavy atom. The van der Waals surface area contributed by atoms with Crippen LogP contribution in [0.1, 0.15) is 25.7 Å². The van der Waals surface area contributed by atoms with Crippen LogP contribution >= 0.6 is 0 Å². The molecule has 1 saturated carbocycles. The van der Waals surface area contributed by atoms with Crippen molar-refractivity contribution in [2.45, 2.75) is 49.2 Å². The van der Waals surface area contributed by atoms with Gasteiger partial charge < -0.3 is 10.1 Å². The van der Waals surface area contributed by atoms with Gasteiger partial charge in [0.15, 0.2) is 0 Å². The van der Waals surface area contributed by atoms with E-state index in [2.05, 4.69) is 15.1 Å². The summed E-state index contributed by atoms with van der Waals surface area (Å²) in [6.07, 6.45) is 7.18. The zero-order valence-corrected chi connectivity index (χ0v) is 12.8. The summed E-state index contributed by atoms with van der Waals surface area (Å²) in [4.78, 5) is 0.222. The average molecular weight is 314 g/mol. The average Bonchev–Trinajstić information content (AvgIpc) is 3.15. The Bertz CT molecular complexity index is 562. The first-order chi connectivity index (χ1) is 10.1. The molecule has 1 unspecified atom stereocenters. The number of ether oxygens (including phenoxy) is 1. The van der Waals surface area contributed by atoms with Gasteiger partial charge in [-0.2, -0.15) is 5.10 Å². The highest BCUT2D eigenvalue weighted by atomic mass is 32.2. The minimum absolute atomic E-state index is 0.136. The van der Waals surface area contributed by atoms with Gasteiger partial charge in [-0.3, -0.25) is 4.68 Å². The molecule has 1 saturated heterocycles. The van der Waals surface area contributed by atoms with Crippen molar-refractivity contribution < 1.29 is 13.2 Å². The Morgan fingerprint density at radius 3 is 2.90 bits per heavy atom. The van der Waals surface area contributed by atoms with Crippen LogP contribution in [0.4, 0.5) is 0 Å². The summed E-state index contributed by atoms with van der Waals surface area (Å²) in [5.41, 5.74) is 0. The van der Waals surface area contributed by atoms with Crippen molar-refractivity contribution in [1.29, 1.82) is 0 Å². The summed E-state index contributed by atoms with van der Waals surface area (Å²) in [5, 5.41) is 7.50. The molecule has 0 spiro atoms. The Morgan fingerprint density at radius 1 is 1.33 bits per heavy atom. The molecule has 2 fully saturated rings. The molecule has 118 valence electrons. The Hall–Kier alpha value is -0.960. The number of hydrogen-bond donors (Lipinski definition) is 2. The Kier molecular flexibility index (Phi) is 4.58. The molecule has 21 heavy (non-hydrogen) atoms. The minimum Gasteiger partial charge on any atom is -0.380 e. The van der Waals surface area contributed by atoms with Crippen LogP contribution in [-0.2, 0) is 21.3 Å². The summed E-state index contributed by atoms with van der Waals surface area (Å²) in [5.74, 6) is 0. The molecule has 1 atom stereocenters. The molecule has 1 aromatic rings. The molecule has 3 rings (SSSR count). The van der Waals surface area contributed by atoms with Crippen molar-refractivity contribution in [2.75, 3.05) is 19.8 Å². The highest BCUT2D eigenvalue weighted by molar-refractivity contribution is 7.89. The lowest BCUT2D eigenvalue weighted by Gasteiger charge is -2.22. The first kappa shape index (κ1) is 15.0. The molecule has 1 aliphatic heterocycles. The van der Waals surface area contributed by atoms with Crippen molar-refractivity contribution in [3.05, 3.63) is 12.4 Å². The van der Waals surface area contributed by atoms with Crippen LogP contribution in [0.3, 0.4) is 0 Å². The van der Waals surface area contributed by atoms with Gasteiger partial charge in [0.2, 0.25) is 10.0 Å². The molecular formula is C13H22N4O3S. The second-order valence-corrected chi connectivity index (χ2v) is 7.42. The smallest absolute Gasteiger partial charge is 0.244 e. The molecule has 2 heterocycles. The minimum atomic E-state index is -3.50. The maximum Gasteiger partial charge on any atom is 0.244 e. The lowest BCUT2D eigenvalue weighted by molar-refractivity contribution is 0.0774. The van der Waals surface area contributed by atoms with Gasteiger partial charge in [0.1, 0.15) is 4.90 Å². The van der Waals surface area contributed by atoms with Gasteiger partial charge in [0, 0.05) is 31.4 Å². The van der Waals surface area contributed by atoms with E-state index >= 15 is 0 Å². The number of nitrogens with one attached hydrogen (secondary N) is 2. The molecule has 1 aromatic heterocycles. The van der Waals surface area contributed by atoms with Gasteiger partial charge in [-0.1, -0.05) is 0 Å². The molecule has 8 heteroatoms. The lowest BCUT2D eigenvalue weighted by Crippen LogP contribution is -2.40. The van der Waals surface area contributed by atoms with Crippen LogP contribution in [-0.4, -0.2) is 50.0 Å². The highest BCUT2D eigenvalue weighted by Gasteiger charge is 2.24. The van der Waals surface area contributed by atoms with Gasteiger partial charge >= 0.3 is 0 Å². The van der Waals surface area contributed by atoms with Crippen molar-refractivity contribution in [3.63, 3.8) is 0 Å².